The van der Waals surface area contributed by atoms with E-state index >= 15 is 4.39 Å². The van der Waals surface area contributed by atoms with Gasteiger partial charge in [-0.15, -0.1) is 0 Å². The van der Waals surface area contributed by atoms with Crippen molar-refractivity contribution in [2.75, 3.05) is 102 Å². The zero-order valence-electron chi connectivity index (χ0n) is 48.5. The molecule has 5 heterocycles. The second kappa shape index (κ2) is 28.4. The summed E-state index contributed by atoms with van der Waals surface area (Å²) in [6.07, 6.45) is 3.44. The first-order valence-corrected chi connectivity index (χ1v) is 30.0. The van der Waals surface area contributed by atoms with Crippen LogP contribution >= 0.6 is 23.4 Å². The molecule has 23 heteroatoms. The molecule has 1 N–H and O–H groups in total. The Bertz CT molecular complexity index is 3280. The number of fused-ring (bicyclic) bond motifs is 2. The number of nitrogens with zero attached hydrogens (tertiary/aromatic N) is 10. The molecule has 4 aromatic carbocycles. The van der Waals surface area contributed by atoms with Crippen LogP contribution in [-0.2, 0) is 36.8 Å². The van der Waals surface area contributed by atoms with Crippen LogP contribution in [0.5, 0.6) is 6.01 Å². The summed E-state index contributed by atoms with van der Waals surface area (Å²) in [5.74, 6) is -2.51. The molecule has 2 saturated heterocycles. The summed E-state index contributed by atoms with van der Waals surface area (Å²) in [5, 5.41) is 21.3. The molecule has 0 saturated carbocycles. The molecule has 0 aliphatic carbocycles. The van der Waals surface area contributed by atoms with Gasteiger partial charge < -0.3 is 43.9 Å². The van der Waals surface area contributed by atoms with Crippen LogP contribution in [0.1, 0.15) is 81.7 Å². The maximum Gasteiger partial charge on any atom is 0.407 e. The zero-order chi connectivity index (χ0) is 60.3. The summed E-state index contributed by atoms with van der Waals surface area (Å²) in [6.45, 7) is 14.3. The topological polar surface area (TPSA) is 182 Å². The highest BCUT2D eigenvalue weighted by Crippen LogP contribution is 2.51. The number of aromatic nitrogens is 2. The quantitative estimate of drug-likeness (QED) is 0.0482. The van der Waals surface area contributed by atoms with E-state index in [0.717, 1.165) is 90.0 Å². The van der Waals surface area contributed by atoms with Crippen molar-refractivity contribution in [2.45, 2.75) is 94.8 Å². The van der Waals surface area contributed by atoms with Crippen molar-refractivity contribution in [1.82, 2.24) is 35.0 Å². The smallest absolute Gasteiger partial charge is 0.407 e. The van der Waals surface area contributed by atoms with Crippen LogP contribution in [0.15, 0.2) is 102 Å². The van der Waals surface area contributed by atoms with Crippen molar-refractivity contribution in [3.8, 4) is 12.1 Å². The Balaban J connectivity index is 0.777. The standard InChI is InChI=1S/C62H73ClF3N11O7S/c1-42(64)57(78)76-32-31-75(39-46(76)23-26-67)55-48-24-30-74(53-20-10-15-43-14-9-19-50(63)54(43)53)40-52(48)69-58(70-55)83-41-47-18-11-28-73(47)29-13-34-81-36-37-82-35-33-72(5)60(80)77-62(44-16-7-6-8-17-44,25-12-27-68-59(79)84-61(2,3)4)85-56(71-77)49-38-45(65)21-22-51(49)66/h6-10,14-17,19-22,38,46-47H,1,11-13,18,23-25,27-37,39-41H2,2-5H3,(H,68,79)/t46-,47-,62?/m0/s1. The number of piperazine rings is 1. The number of likely N-dealkylation sites (N-methyl/N-ethyl adjacent to an activating group) is 1. The van der Waals surface area contributed by atoms with Crippen LogP contribution < -0.4 is 19.9 Å². The SMILES string of the molecule is C=C(F)C(=O)N1CCN(c2nc(OC[C@@H]3CCCN3CCCOCCOCCN(C)C(=O)N3N=C(c4cc(F)ccc4F)SC3(CCCNC(=O)OC(C)(C)C)c3ccccc3)nc3c2CCN(c2cccc4cccc(Cl)c24)C3)C[C@@H]1CC#N. The van der Waals surface area contributed by atoms with Gasteiger partial charge >= 0.3 is 18.1 Å². The van der Waals surface area contributed by atoms with Crippen molar-refractivity contribution < 1.29 is 46.5 Å². The average Bonchev–Trinajstić information content (AvgIpc) is 2.61. The number of carbonyl (C=O) groups is 3. The number of rotatable bonds is 23. The van der Waals surface area contributed by atoms with Gasteiger partial charge in [0.05, 0.1) is 55.6 Å². The number of nitrogens with one attached hydrogen (secondary N) is 1. The Labute approximate surface area is 503 Å². The second-order valence-electron chi connectivity index (χ2n) is 22.5. The zero-order valence-corrected chi connectivity index (χ0v) is 50.1. The van der Waals surface area contributed by atoms with E-state index in [4.69, 9.17) is 40.5 Å². The van der Waals surface area contributed by atoms with E-state index in [1.165, 1.54) is 14.8 Å². The van der Waals surface area contributed by atoms with Gasteiger partial charge in [-0.05, 0) is 107 Å². The fraction of sp³-hybridized carbons (Fsp3) is 0.468. The predicted molar refractivity (Wildman–Crippen MR) is 322 cm³/mol. The number of nitriles is 1. The van der Waals surface area contributed by atoms with Gasteiger partial charge in [-0.3, -0.25) is 9.69 Å². The molecule has 9 rings (SSSR count). The maximum absolute atomic E-state index is 15.3. The molecule has 4 aliphatic heterocycles. The molecule has 0 spiro atoms. The Hall–Kier alpha value is -7.16. The van der Waals surface area contributed by atoms with Gasteiger partial charge in [-0.1, -0.05) is 84.5 Å². The van der Waals surface area contributed by atoms with Crippen LogP contribution in [0, 0.1) is 23.0 Å². The number of hydrazone groups is 1. The number of hydrogen-bond donors (Lipinski definition) is 1. The molecule has 0 bridgehead atoms. The van der Waals surface area contributed by atoms with Gasteiger partial charge in [-0.25, -0.2) is 22.8 Å². The lowest BCUT2D eigenvalue weighted by atomic mass is 10.0. The normalized spacial score (nSPS) is 18.9. The fourth-order valence-electron chi connectivity index (χ4n) is 11.3. The molecule has 85 heavy (non-hydrogen) atoms. The summed E-state index contributed by atoms with van der Waals surface area (Å²) in [6, 6.07) is 25.9. The molecule has 2 fully saturated rings. The molecule has 3 atom stereocenters. The van der Waals surface area contributed by atoms with Gasteiger partial charge in [0.1, 0.15) is 39.6 Å². The Kier molecular flexibility index (Phi) is 20.8. The highest BCUT2D eigenvalue weighted by atomic mass is 35.5. The fourth-order valence-corrected chi connectivity index (χ4v) is 13.0. The highest BCUT2D eigenvalue weighted by Gasteiger charge is 2.50. The first-order chi connectivity index (χ1) is 40.9. The summed E-state index contributed by atoms with van der Waals surface area (Å²) < 4.78 is 67.9. The first kappa shape index (κ1) is 62.4. The molecular weight excluding hydrogens is 1140 g/mol. The van der Waals surface area contributed by atoms with E-state index < -0.39 is 52.0 Å². The second-order valence-corrected chi connectivity index (χ2v) is 24.1. The van der Waals surface area contributed by atoms with E-state index in [2.05, 4.69) is 43.8 Å². The first-order valence-electron chi connectivity index (χ1n) is 28.9. The van der Waals surface area contributed by atoms with E-state index in [0.29, 0.717) is 68.7 Å². The van der Waals surface area contributed by atoms with Gasteiger partial charge in [0.25, 0.3) is 5.91 Å². The third-order valence-electron chi connectivity index (χ3n) is 15.4. The number of halogens is 4. The maximum atomic E-state index is 15.3. The lowest BCUT2D eigenvalue weighted by Crippen LogP contribution is -2.55. The number of hydrogen-bond acceptors (Lipinski definition) is 15. The number of alkyl carbamates (subject to hydrolysis) is 1. The number of amides is 4. The van der Waals surface area contributed by atoms with Crippen molar-refractivity contribution in [1.29, 1.82) is 5.26 Å². The van der Waals surface area contributed by atoms with Gasteiger partial charge in [0, 0.05) is 87.7 Å². The lowest BCUT2D eigenvalue weighted by Gasteiger charge is -2.42. The molecule has 4 amide bonds. The highest BCUT2D eigenvalue weighted by molar-refractivity contribution is 8.15. The number of thioether (sulfide) groups is 1. The molecular formula is C62H73ClF3N11O7S. The number of carbonyl (C=O) groups excluding carboxylic acids is 3. The largest absolute Gasteiger partial charge is 0.462 e. The minimum atomic E-state index is -1.19. The number of likely N-dealkylation sites (tertiary alicyclic amines) is 1. The van der Waals surface area contributed by atoms with Crippen molar-refractivity contribution in [2.24, 2.45) is 5.10 Å². The number of anilines is 2. The summed E-state index contributed by atoms with van der Waals surface area (Å²) in [7, 11) is 1.63. The Morgan fingerprint density at radius 3 is 2.47 bits per heavy atom. The minimum absolute atomic E-state index is 0.0173. The van der Waals surface area contributed by atoms with E-state index in [1.807, 2.05) is 60.7 Å². The number of urea groups is 1. The third-order valence-corrected chi connectivity index (χ3v) is 17.2. The molecule has 1 aromatic heterocycles. The van der Waals surface area contributed by atoms with Gasteiger partial charge in [0.2, 0.25) is 0 Å². The molecule has 452 valence electrons. The van der Waals surface area contributed by atoms with Crippen LogP contribution in [0.2, 0.25) is 5.02 Å². The Morgan fingerprint density at radius 1 is 0.929 bits per heavy atom. The van der Waals surface area contributed by atoms with Crippen LogP contribution in [0.4, 0.5) is 34.3 Å². The Morgan fingerprint density at radius 2 is 1.71 bits per heavy atom. The van der Waals surface area contributed by atoms with Gasteiger partial charge in [0.15, 0.2) is 5.83 Å². The average molecular weight is 1210 g/mol. The van der Waals surface area contributed by atoms with Crippen LogP contribution in [0.25, 0.3) is 10.8 Å². The number of ether oxygens (including phenoxy) is 4. The van der Waals surface area contributed by atoms with Crippen LogP contribution in [0.3, 0.4) is 0 Å². The lowest BCUT2D eigenvalue weighted by molar-refractivity contribution is -0.131. The predicted octanol–water partition coefficient (Wildman–Crippen LogP) is 10.4. The van der Waals surface area contributed by atoms with E-state index in [-0.39, 0.29) is 74.9 Å². The summed E-state index contributed by atoms with van der Waals surface area (Å²) in [4.78, 5) is 58.3. The van der Waals surface area contributed by atoms with Crippen molar-refractivity contribution >= 4 is 68.7 Å². The molecule has 1 unspecified atom stereocenters. The summed E-state index contributed by atoms with van der Waals surface area (Å²) >= 11 is 7.96. The minimum Gasteiger partial charge on any atom is -0.462 e. The molecule has 0 radical (unpaired) electrons. The third kappa shape index (κ3) is 15.3. The van der Waals surface area contributed by atoms with Crippen molar-refractivity contribution in [3.05, 3.63) is 136 Å². The van der Waals surface area contributed by atoms with E-state index in [9.17, 15) is 28.4 Å². The van der Waals surface area contributed by atoms with Crippen molar-refractivity contribution in [3.63, 3.8) is 0 Å². The molecule has 5 aromatic rings. The van der Waals surface area contributed by atoms with E-state index in [1.54, 1.807) is 27.8 Å². The molecule has 4 aliphatic rings. The number of benzene rings is 4. The van der Waals surface area contributed by atoms with Crippen LogP contribution in [-0.4, -0.2) is 163 Å². The molecule has 18 nitrogen and oxygen atoms in total. The van der Waals surface area contributed by atoms with Gasteiger partial charge in [-0.2, -0.15) is 25.3 Å². The summed E-state index contributed by atoms with van der Waals surface area (Å²) in [5.41, 5.74) is 2.72. The monoisotopic (exact) mass is 1210 g/mol.